The van der Waals surface area contributed by atoms with Gasteiger partial charge in [0.15, 0.2) is 0 Å². The van der Waals surface area contributed by atoms with Gasteiger partial charge in [0, 0.05) is 12.1 Å². The highest BCUT2D eigenvalue weighted by Crippen LogP contribution is 2.72. The molecule has 0 radical (unpaired) electrons. The Morgan fingerprint density at radius 2 is 1.86 bits per heavy atom. The van der Waals surface area contributed by atoms with Crippen LogP contribution in [-0.2, 0) is 0 Å². The Balaban J connectivity index is 2.24. The Labute approximate surface area is 131 Å². The van der Waals surface area contributed by atoms with E-state index in [0.717, 1.165) is 22.6 Å². The molecular weight excluding hydrogens is 284 g/mol. The fourth-order valence-corrected chi connectivity index (χ4v) is 3.74. The van der Waals surface area contributed by atoms with Gasteiger partial charge in [-0.15, -0.1) is 11.6 Å². The lowest BCUT2D eigenvalue weighted by atomic mass is 10.0. The quantitative estimate of drug-likeness (QED) is 0.750. The second-order valence-electron chi connectivity index (χ2n) is 7.16. The van der Waals surface area contributed by atoms with Crippen molar-refractivity contribution in [2.45, 2.75) is 46.0 Å². The lowest BCUT2D eigenvalue weighted by Crippen LogP contribution is -2.06. The van der Waals surface area contributed by atoms with E-state index in [1.165, 1.54) is 0 Å². The minimum absolute atomic E-state index is 0.115. The summed E-state index contributed by atoms with van der Waals surface area (Å²) >= 11 is 6.40. The van der Waals surface area contributed by atoms with Crippen LogP contribution in [0.3, 0.4) is 0 Å². The highest BCUT2D eigenvalue weighted by Gasteiger charge is 2.66. The van der Waals surface area contributed by atoms with E-state index in [1.54, 1.807) is 7.11 Å². The molecule has 1 aliphatic carbocycles. The normalized spacial score (nSPS) is 21.5. The third-order valence-electron chi connectivity index (χ3n) is 5.48. The summed E-state index contributed by atoms with van der Waals surface area (Å²) in [4.78, 5) is 4.76. The molecular formula is C17H23ClN2O. The number of methoxy groups -OCH3 is 1. The summed E-state index contributed by atoms with van der Waals surface area (Å²) in [5.41, 5.74) is 2.57. The van der Waals surface area contributed by atoms with Crippen molar-refractivity contribution < 1.29 is 4.74 Å². The van der Waals surface area contributed by atoms with Crippen molar-refractivity contribution in [2.75, 3.05) is 7.11 Å². The molecule has 3 nitrogen and oxygen atoms in total. The van der Waals surface area contributed by atoms with Crippen LogP contribution in [-0.4, -0.2) is 16.7 Å². The molecule has 0 amide bonds. The van der Waals surface area contributed by atoms with E-state index < -0.39 is 0 Å². The molecule has 4 heteroatoms. The highest BCUT2D eigenvalue weighted by atomic mass is 35.5. The molecule has 1 saturated carbocycles. The summed E-state index contributed by atoms with van der Waals surface area (Å²) in [6, 6.07) is 6.48. The van der Waals surface area contributed by atoms with Crippen LogP contribution in [0.2, 0.25) is 0 Å². The molecule has 2 aromatic rings. The molecule has 1 heterocycles. The first kappa shape index (κ1) is 14.7. The van der Waals surface area contributed by atoms with Gasteiger partial charge in [-0.05, 0) is 29.9 Å². The number of rotatable bonds is 3. The SMILES string of the molecule is COc1ccc2c(c1)nc(C(C)Cl)n2C1C(C)(C)C1(C)C. The van der Waals surface area contributed by atoms with Gasteiger partial charge >= 0.3 is 0 Å². The van der Waals surface area contributed by atoms with Crippen LogP contribution >= 0.6 is 11.6 Å². The van der Waals surface area contributed by atoms with Crippen molar-refractivity contribution in [3.8, 4) is 5.75 Å². The lowest BCUT2D eigenvalue weighted by Gasteiger charge is -2.13. The summed E-state index contributed by atoms with van der Waals surface area (Å²) in [5, 5.41) is -0.115. The Hall–Kier alpha value is -1.22. The number of ether oxygens (including phenoxy) is 1. The Morgan fingerprint density at radius 3 is 2.33 bits per heavy atom. The summed E-state index contributed by atoms with van der Waals surface area (Å²) in [5.74, 6) is 1.78. The van der Waals surface area contributed by atoms with Crippen molar-refractivity contribution >= 4 is 22.6 Å². The number of imidazole rings is 1. The van der Waals surface area contributed by atoms with Crippen molar-refractivity contribution in [1.82, 2.24) is 9.55 Å². The first-order valence-electron chi connectivity index (χ1n) is 7.41. The molecule has 0 N–H and O–H groups in total. The zero-order valence-corrected chi connectivity index (χ0v) is 14.3. The number of hydrogen-bond acceptors (Lipinski definition) is 2. The number of halogens is 1. The second-order valence-corrected chi connectivity index (χ2v) is 7.81. The molecule has 1 aromatic heterocycles. The number of fused-ring (bicyclic) bond motifs is 1. The Kier molecular flexibility index (Phi) is 3.07. The Morgan fingerprint density at radius 1 is 1.24 bits per heavy atom. The summed E-state index contributed by atoms with van der Waals surface area (Å²) in [7, 11) is 1.68. The van der Waals surface area contributed by atoms with E-state index in [-0.39, 0.29) is 16.2 Å². The first-order valence-corrected chi connectivity index (χ1v) is 7.85. The van der Waals surface area contributed by atoms with Gasteiger partial charge in [0.2, 0.25) is 0 Å². The van der Waals surface area contributed by atoms with Crippen LogP contribution in [0.4, 0.5) is 0 Å². The maximum Gasteiger partial charge on any atom is 0.128 e. The number of hydrogen-bond donors (Lipinski definition) is 0. The van der Waals surface area contributed by atoms with E-state index in [0.29, 0.717) is 6.04 Å². The fourth-order valence-electron chi connectivity index (χ4n) is 3.58. The molecule has 1 atom stereocenters. The Bertz CT molecular complexity index is 686. The first-order chi connectivity index (χ1) is 9.71. The van der Waals surface area contributed by atoms with Crippen LogP contribution in [0, 0.1) is 10.8 Å². The highest BCUT2D eigenvalue weighted by molar-refractivity contribution is 6.20. The monoisotopic (exact) mass is 306 g/mol. The molecule has 0 saturated heterocycles. The summed E-state index contributed by atoms with van der Waals surface area (Å²) in [6.45, 7) is 11.2. The van der Waals surface area contributed by atoms with Crippen molar-refractivity contribution in [1.29, 1.82) is 0 Å². The van der Waals surface area contributed by atoms with Crippen molar-refractivity contribution in [3.05, 3.63) is 24.0 Å². The number of aromatic nitrogens is 2. The summed E-state index contributed by atoms with van der Waals surface area (Å²) < 4.78 is 7.65. The van der Waals surface area contributed by atoms with E-state index in [9.17, 15) is 0 Å². The average molecular weight is 307 g/mol. The predicted octanol–water partition coefficient (Wildman–Crippen LogP) is 4.95. The summed E-state index contributed by atoms with van der Waals surface area (Å²) in [6.07, 6.45) is 0. The molecule has 0 aliphatic heterocycles. The minimum atomic E-state index is -0.115. The van der Waals surface area contributed by atoms with E-state index in [2.05, 4.69) is 38.3 Å². The second kappa shape index (κ2) is 4.39. The third-order valence-corrected chi connectivity index (χ3v) is 5.68. The number of alkyl halides is 1. The van der Waals surface area contributed by atoms with E-state index in [4.69, 9.17) is 21.3 Å². The average Bonchev–Trinajstić information content (AvgIpc) is 2.73. The van der Waals surface area contributed by atoms with Gasteiger partial charge < -0.3 is 9.30 Å². The van der Waals surface area contributed by atoms with Crippen LogP contribution < -0.4 is 4.74 Å². The van der Waals surface area contributed by atoms with Gasteiger partial charge in [0.1, 0.15) is 11.6 Å². The number of benzene rings is 1. The third kappa shape index (κ3) is 1.90. The maximum absolute atomic E-state index is 6.40. The van der Waals surface area contributed by atoms with E-state index >= 15 is 0 Å². The predicted molar refractivity (Wildman–Crippen MR) is 87.2 cm³/mol. The van der Waals surface area contributed by atoms with Crippen molar-refractivity contribution in [3.63, 3.8) is 0 Å². The maximum atomic E-state index is 6.40. The van der Waals surface area contributed by atoms with Crippen LogP contribution in [0.5, 0.6) is 5.75 Å². The topological polar surface area (TPSA) is 27.1 Å². The molecule has 1 aliphatic rings. The minimum Gasteiger partial charge on any atom is -0.497 e. The van der Waals surface area contributed by atoms with Gasteiger partial charge in [-0.1, -0.05) is 27.7 Å². The molecule has 1 aromatic carbocycles. The van der Waals surface area contributed by atoms with Gasteiger partial charge in [-0.2, -0.15) is 0 Å². The number of nitrogens with zero attached hydrogens (tertiary/aromatic N) is 2. The molecule has 1 unspecified atom stereocenters. The molecule has 1 fully saturated rings. The lowest BCUT2D eigenvalue weighted by molar-refractivity contribution is 0.415. The van der Waals surface area contributed by atoms with Crippen LogP contribution in [0.15, 0.2) is 18.2 Å². The molecule has 3 rings (SSSR count). The van der Waals surface area contributed by atoms with Gasteiger partial charge in [0.25, 0.3) is 0 Å². The zero-order chi connectivity index (χ0) is 15.6. The van der Waals surface area contributed by atoms with Crippen LogP contribution in [0.25, 0.3) is 11.0 Å². The van der Waals surface area contributed by atoms with Gasteiger partial charge in [-0.25, -0.2) is 4.98 Å². The molecule has 0 spiro atoms. The molecule has 0 bridgehead atoms. The molecule has 114 valence electrons. The molecule has 21 heavy (non-hydrogen) atoms. The van der Waals surface area contributed by atoms with Crippen LogP contribution in [0.1, 0.15) is 51.9 Å². The zero-order valence-electron chi connectivity index (χ0n) is 13.6. The van der Waals surface area contributed by atoms with E-state index in [1.807, 2.05) is 19.1 Å². The smallest absolute Gasteiger partial charge is 0.128 e. The van der Waals surface area contributed by atoms with Gasteiger partial charge in [0.05, 0.1) is 23.5 Å². The van der Waals surface area contributed by atoms with Crippen molar-refractivity contribution in [2.24, 2.45) is 10.8 Å². The van der Waals surface area contributed by atoms with Gasteiger partial charge in [-0.3, -0.25) is 0 Å². The largest absolute Gasteiger partial charge is 0.497 e. The fraction of sp³-hybridized carbons (Fsp3) is 0.588. The standard InChI is InChI=1S/C17H23ClN2O/c1-10(18)14-19-12-9-11(21-6)7-8-13(12)20(14)15-16(2,3)17(15,4)5/h7-10,15H,1-6H3.